The van der Waals surface area contributed by atoms with Gasteiger partial charge in [0, 0.05) is 16.8 Å². The van der Waals surface area contributed by atoms with Crippen molar-refractivity contribution in [1.82, 2.24) is 15.2 Å². The fourth-order valence-electron chi connectivity index (χ4n) is 1.46. The number of hydrogen-bond donors (Lipinski definition) is 3. The fraction of sp³-hybridized carbons (Fsp3) is 0.286. The molecule has 0 fully saturated rings. The average Bonchev–Trinajstić information content (AvgIpc) is 2.94. The smallest absolute Gasteiger partial charge is 0.292 e. The Morgan fingerprint density at radius 1 is 1.05 bits per heavy atom. The van der Waals surface area contributed by atoms with Crippen molar-refractivity contribution in [1.29, 1.82) is 0 Å². The number of hydrogen-bond acceptors (Lipinski definition) is 4. The predicted octanol–water partition coefficient (Wildman–Crippen LogP) is 2.04. The first kappa shape index (κ1) is 14.7. The molecule has 0 bridgehead atoms. The summed E-state index contributed by atoms with van der Waals surface area (Å²) in [5, 5.41) is 11.6. The Morgan fingerprint density at radius 3 is 2.10 bits per heavy atom. The Labute approximate surface area is 122 Å². The van der Waals surface area contributed by atoms with Crippen LogP contribution in [0.25, 0.3) is 0 Å². The van der Waals surface area contributed by atoms with Gasteiger partial charge in [-0.2, -0.15) is 5.10 Å². The minimum absolute atomic E-state index is 0.0686. The number of carbonyl (C=O) groups excluding carboxylic acids is 2. The SMILES string of the molecule is CC(C)(C)C(=O)Nc1ccc(NC(=O)c2ncn[nH]2)cc1. The van der Waals surface area contributed by atoms with Crippen molar-refractivity contribution < 1.29 is 9.59 Å². The average molecular weight is 287 g/mol. The standard InChI is InChI=1S/C14H17N5O2/c1-14(2,3)13(21)18-10-6-4-9(5-7-10)17-12(20)11-15-8-16-19-11/h4-8H,1-3H3,(H,17,20)(H,18,21)(H,15,16,19). The maximum atomic E-state index is 11.9. The lowest BCUT2D eigenvalue weighted by Crippen LogP contribution is -2.27. The Balaban J connectivity index is 1.99. The number of aromatic amines is 1. The molecule has 7 heteroatoms. The predicted molar refractivity (Wildman–Crippen MR) is 78.9 cm³/mol. The molecular formula is C14H17N5O2. The van der Waals surface area contributed by atoms with Gasteiger partial charge in [0.2, 0.25) is 11.7 Å². The van der Waals surface area contributed by atoms with Gasteiger partial charge in [-0.3, -0.25) is 14.7 Å². The van der Waals surface area contributed by atoms with E-state index in [1.54, 1.807) is 24.3 Å². The van der Waals surface area contributed by atoms with E-state index in [1.807, 2.05) is 20.8 Å². The summed E-state index contributed by atoms with van der Waals surface area (Å²) in [7, 11) is 0. The van der Waals surface area contributed by atoms with Crippen LogP contribution in [0.1, 0.15) is 31.4 Å². The highest BCUT2D eigenvalue weighted by Gasteiger charge is 2.21. The summed E-state index contributed by atoms with van der Waals surface area (Å²) in [5.41, 5.74) is 0.817. The van der Waals surface area contributed by atoms with E-state index in [1.165, 1.54) is 6.33 Å². The second-order valence-corrected chi connectivity index (χ2v) is 5.57. The molecule has 2 rings (SSSR count). The molecule has 1 aromatic heterocycles. The second kappa shape index (κ2) is 5.74. The van der Waals surface area contributed by atoms with Gasteiger partial charge in [0.25, 0.3) is 5.91 Å². The summed E-state index contributed by atoms with van der Waals surface area (Å²) >= 11 is 0. The molecular weight excluding hydrogens is 270 g/mol. The first-order valence-corrected chi connectivity index (χ1v) is 6.44. The van der Waals surface area contributed by atoms with E-state index in [4.69, 9.17) is 0 Å². The van der Waals surface area contributed by atoms with Crippen molar-refractivity contribution in [3.63, 3.8) is 0 Å². The van der Waals surface area contributed by atoms with E-state index in [0.29, 0.717) is 11.4 Å². The summed E-state index contributed by atoms with van der Waals surface area (Å²) in [6.07, 6.45) is 1.26. The highest BCUT2D eigenvalue weighted by atomic mass is 16.2. The molecule has 0 saturated heterocycles. The van der Waals surface area contributed by atoms with Crippen LogP contribution in [0.3, 0.4) is 0 Å². The monoisotopic (exact) mass is 287 g/mol. The molecule has 1 aromatic carbocycles. The van der Waals surface area contributed by atoms with Gasteiger partial charge in [0.15, 0.2) is 0 Å². The van der Waals surface area contributed by atoms with E-state index in [9.17, 15) is 9.59 Å². The van der Waals surface area contributed by atoms with E-state index in [2.05, 4.69) is 25.8 Å². The van der Waals surface area contributed by atoms with Crippen LogP contribution < -0.4 is 10.6 Å². The molecule has 0 aliphatic rings. The third kappa shape index (κ3) is 3.88. The number of carbonyl (C=O) groups is 2. The van der Waals surface area contributed by atoms with Crippen molar-refractivity contribution in [3.05, 3.63) is 36.4 Å². The molecule has 2 amide bonds. The number of nitrogens with one attached hydrogen (secondary N) is 3. The summed E-state index contributed by atoms with van der Waals surface area (Å²) in [4.78, 5) is 27.4. The number of H-pyrrole nitrogens is 1. The summed E-state index contributed by atoms with van der Waals surface area (Å²) in [6, 6.07) is 6.85. The molecule has 2 aromatic rings. The second-order valence-electron chi connectivity index (χ2n) is 5.57. The lowest BCUT2D eigenvalue weighted by molar-refractivity contribution is -0.123. The minimum Gasteiger partial charge on any atom is -0.326 e. The van der Waals surface area contributed by atoms with Crippen LogP contribution in [-0.4, -0.2) is 27.0 Å². The quantitative estimate of drug-likeness (QED) is 0.804. The molecule has 0 atom stereocenters. The third-order valence-corrected chi connectivity index (χ3v) is 2.71. The number of benzene rings is 1. The maximum absolute atomic E-state index is 11.9. The van der Waals surface area contributed by atoms with Crippen LogP contribution in [0.4, 0.5) is 11.4 Å². The van der Waals surface area contributed by atoms with Gasteiger partial charge in [-0.15, -0.1) is 0 Å². The van der Waals surface area contributed by atoms with Crippen LogP contribution in [0, 0.1) is 5.41 Å². The van der Waals surface area contributed by atoms with Crippen LogP contribution in [-0.2, 0) is 4.79 Å². The third-order valence-electron chi connectivity index (χ3n) is 2.71. The largest absolute Gasteiger partial charge is 0.326 e. The van der Waals surface area contributed by atoms with Gasteiger partial charge in [0.05, 0.1) is 0 Å². The lowest BCUT2D eigenvalue weighted by atomic mass is 9.95. The zero-order chi connectivity index (χ0) is 15.5. The van der Waals surface area contributed by atoms with Crippen LogP contribution in [0.15, 0.2) is 30.6 Å². The molecule has 110 valence electrons. The van der Waals surface area contributed by atoms with Gasteiger partial charge >= 0.3 is 0 Å². The molecule has 0 aliphatic carbocycles. The Morgan fingerprint density at radius 2 is 1.62 bits per heavy atom. The molecule has 3 N–H and O–H groups in total. The Bertz CT molecular complexity index is 626. The molecule has 0 radical (unpaired) electrons. The van der Waals surface area contributed by atoms with Crippen molar-refractivity contribution in [2.75, 3.05) is 10.6 Å². The van der Waals surface area contributed by atoms with Crippen molar-refractivity contribution in [3.8, 4) is 0 Å². The molecule has 0 spiro atoms. The number of rotatable bonds is 3. The number of amides is 2. The van der Waals surface area contributed by atoms with E-state index in [-0.39, 0.29) is 17.6 Å². The summed E-state index contributed by atoms with van der Waals surface area (Å²) in [5.74, 6) is -0.306. The molecule has 0 unspecified atom stereocenters. The van der Waals surface area contributed by atoms with Crippen LogP contribution in [0.5, 0.6) is 0 Å². The van der Waals surface area contributed by atoms with Gasteiger partial charge in [-0.25, -0.2) is 4.98 Å². The maximum Gasteiger partial charge on any atom is 0.292 e. The number of nitrogens with zero attached hydrogens (tertiary/aromatic N) is 2. The molecule has 0 saturated carbocycles. The summed E-state index contributed by atoms with van der Waals surface area (Å²) in [6.45, 7) is 5.52. The number of anilines is 2. The van der Waals surface area contributed by atoms with E-state index < -0.39 is 5.41 Å². The lowest BCUT2D eigenvalue weighted by Gasteiger charge is -2.17. The molecule has 1 heterocycles. The zero-order valence-electron chi connectivity index (χ0n) is 12.1. The first-order chi connectivity index (χ1) is 9.86. The highest BCUT2D eigenvalue weighted by molar-refractivity contribution is 6.01. The van der Waals surface area contributed by atoms with Gasteiger partial charge in [0.1, 0.15) is 6.33 Å². The summed E-state index contributed by atoms with van der Waals surface area (Å²) < 4.78 is 0. The van der Waals surface area contributed by atoms with Crippen LogP contribution >= 0.6 is 0 Å². The van der Waals surface area contributed by atoms with Crippen molar-refractivity contribution >= 4 is 23.2 Å². The molecule has 7 nitrogen and oxygen atoms in total. The van der Waals surface area contributed by atoms with Crippen molar-refractivity contribution in [2.45, 2.75) is 20.8 Å². The number of aromatic nitrogens is 3. The van der Waals surface area contributed by atoms with E-state index in [0.717, 1.165) is 0 Å². The topological polar surface area (TPSA) is 99.8 Å². The van der Waals surface area contributed by atoms with Gasteiger partial charge < -0.3 is 10.6 Å². The minimum atomic E-state index is -0.459. The molecule has 21 heavy (non-hydrogen) atoms. The fourth-order valence-corrected chi connectivity index (χ4v) is 1.46. The van der Waals surface area contributed by atoms with Gasteiger partial charge in [-0.1, -0.05) is 20.8 Å². The first-order valence-electron chi connectivity index (χ1n) is 6.44. The zero-order valence-corrected chi connectivity index (χ0v) is 12.1. The Kier molecular flexibility index (Phi) is 4.02. The highest BCUT2D eigenvalue weighted by Crippen LogP contribution is 2.19. The normalized spacial score (nSPS) is 11.0. The van der Waals surface area contributed by atoms with E-state index >= 15 is 0 Å². The van der Waals surface area contributed by atoms with Crippen LogP contribution in [0.2, 0.25) is 0 Å². The molecule has 0 aliphatic heterocycles. The van der Waals surface area contributed by atoms with Gasteiger partial charge in [-0.05, 0) is 24.3 Å². The Hall–Kier alpha value is -2.70. The van der Waals surface area contributed by atoms with Crippen molar-refractivity contribution in [2.24, 2.45) is 5.41 Å².